The summed E-state index contributed by atoms with van der Waals surface area (Å²) in [5, 5.41) is 7.78. The topological polar surface area (TPSA) is 129 Å². The molecule has 0 spiro atoms. The van der Waals surface area contributed by atoms with Crippen LogP contribution in [-0.2, 0) is 31.5 Å². The lowest BCUT2D eigenvalue weighted by Crippen LogP contribution is -2.22. The van der Waals surface area contributed by atoms with Crippen molar-refractivity contribution in [1.82, 2.24) is 15.0 Å². The molecule has 15 heteroatoms. The third kappa shape index (κ3) is 6.33. The van der Waals surface area contributed by atoms with E-state index in [4.69, 9.17) is 14.1 Å². The normalized spacial score (nSPS) is 22.8. The molecule has 210 valence electrons. The van der Waals surface area contributed by atoms with Gasteiger partial charge in [-0.15, -0.1) is 22.7 Å². The SMILES string of the molecule is C=S(N)(=O)OC[C@@H]1CCC(Nc2ncncc2C(=O)c2cc(C3OCCc4sc(C(F)(F)F)nc43)c(C)s2)C1. The molecule has 3 unspecified atom stereocenters. The standard InChI is InChI=1S/C24H26F3N5O4S3/c1-12-15(21-19-17(5-6-35-21)38-23(32-19)24(25,26)27)8-18(37-12)20(33)16-9-29-11-30-22(16)31-14-4-3-13(7-14)10-36-39(2,28)34/h8-9,11,13-14,21H,2-7,10H2,1H3,(H2,28,34)(H,29,30,31)/t13-,14?,21?,39?/m1/s1. The summed E-state index contributed by atoms with van der Waals surface area (Å²) in [5.74, 6) is 3.52. The van der Waals surface area contributed by atoms with Crippen molar-refractivity contribution in [3.8, 4) is 0 Å². The van der Waals surface area contributed by atoms with Gasteiger partial charge in [-0.25, -0.2) is 24.3 Å². The van der Waals surface area contributed by atoms with Crippen LogP contribution < -0.4 is 10.5 Å². The van der Waals surface area contributed by atoms with Crippen molar-refractivity contribution >= 4 is 50.1 Å². The van der Waals surface area contributed by atoms with E-state index in [9.17, 15) is 22.2 Å². The number of carbonyl (C=O) groups is 1. The number of ether oxygens (including phenoxy) is 1. The van der Waals surface area contributed by atoms with Crippen LogP contribution in [0.25, 0.3) is 0 Å². The highest BCUT2D eigenvalue weighted by molar-refractivity contribution is 7.93. The van der Waals surface area contributed by atoms with E-state index in [-0.39, 0.29) is 42.2 Å². The summed E-state index contributed by atoms with van der Waals surface area (Å²) in [6.07, 6.45) is 0.187. The van der Waals surface area contributed by atoms with Gasteiger partial charge in [0.15, 0.2) is 5.01 Å². The van der Waals surface area contributed by atoms with Gasteiger partial charge in [-0.3, -0.25) is 8.98 Å². The van der Waals surface area contributed by atoms with Gasteiger partial charge < -0.3 is 10.1 Å². The lowest BCUT2D eigenvalue weighted by atomic mass is 10.0. The third-order valence-electron chi connectivity index (χ3n) is 6.64. The molecule has 0 bridgehead atoms. The molecule has 0 aromatic carbocycles. The van der Waals surface area contributed by atoms with Crippen LogP contribution in [0.1, 0.15) is 66.6 Å². The molecule has 9 nitrogen and oxygen atoms in total. The number of halogens is 3. The van der Waals surface area contributed by atoms with Crippen molar-refractivity contribution in [3.63, 3.8) is 0 Å². The molecule has 1 fully saturated rings. The van der Waals surface area contributed by atoms with Crippen LogP contribution >= 0.6 is 22.7 Å². The molecule has 3 aromatic heterocycles. The van der Waals surface area contributed by atoms with E-state index in [0.29, 0.717) is 45.3 Å². The molecule has 4 heterocycles. The minimum Gasteiger partial charge on any atom is -0.367 e. The summed E-state index contributed by atoms with van der Waals surface area (Å²) in [5.41, 5.74) is 1.16. The molecule has 2 aliphatic rings. The number of nitrogens with one attached hydrogen (secondary N) is 1. The number of nitrogens with two attached hydrogens (primary N) is 1. The Morgan fingerprint density at radius 3 is 2.90 bits per heavy atom. The Morgan fingerprint density at radius 2 is 2.15 bits per heavy atom. The van der Waals surface area contributed by atoms with E-state index in [1.807, 2.05) is 0 Å². The fourth-order valence-corrected chi connectivity index (χ4v) is 7.19. The van der Waals surface area contributed by atoms with E-state index in [2.05, 4.69) is 26.1 Å². The Kier molecular flexibility index (Phi) is 7.83. The van der Waals surface area contributed by atoms with E-state index >= 15 is 0 Å². The van der Waals surface area contributed by atoms with Crippen molar-refractivity contribution in [3.05, 3.63) is 55.1 Å². The number of thiazole rings is 1. The highest BCUT2D eigenvalue weighted by Crippen LogP contribution is 2.43. The van der Waals surface area contributed by atoms with Gasteiger partial charge in [-0.2, -0.15) is 13.2 Å². The van der Waals surface area contributed by atoms with Crippen LogP contribution in [0.15, 0.2) is 18.6 Å². The van der Waals surface area contributed by atoms with Gasteiger partial charge in [0.1, 0.15) is 28.2 Å². The lowest BCUT2D eigenvalue weighted by molar-refractivity contribution is -0.137. The van der Waals surface area contributed by atoms with Gasteiger partial charge in [0.05, 0.1) is 29.3 Å². The first-order chi connectivity index (χ1) is 18.4. The lowest BCUT2D eigenvalue weighted by Gasteiger charge is -2.22. The monoisotopic (exact) mass is 601 g/mol. The average molecular weight is 602 g/mol. The second-order valence-electron chi connectivity index (χ2n) is 9.53. The summed E-state index contributed by atoms with van der Waals surface area (Å²) >= 11 is 1.88. The number of aryl methyl sites for hydroxylation is 1. The smallest absolute Gasteiger partial charge is 0.367 e. The van der Waals surface area contributed by atoms with E-state index in [1.54, 1.807) is 13.0 Å². The second-order valence-corrected chi connectivity index (χ2v) is 13.4. The van der Waals surface area contributed by atoms with Crippen LogP contribution in [0.3, 0.4) is 0 Å². The van der Waals surface area contributed by atoms with E-state index in [0.717, 1.165) is 17.7 Å². The van der Waals surface area contributed by atoms with Gasteiger partial charge in [0, 0.05) is 34.0 Å². The highest BCUT2D eigenvalue weighted by atomic mass is 32.2. The number of fused-ring (bicyclic) bond motifs is 1. The number of hydrogen-bond acceptors (Lipinski definition) is 10. The molecule has 3 aromatic rings. The fourth-order valence-electron chi connectivity index (χ4n) is 4.83. The quantitative estimate of drug-likeness (QED) is 0.289. The maximum absolute atomic E-state index is 13.6. The van der Waals surface area contributed by atoms with Gasteiger partial charge in [0.25, 0.3) is 0 Å². The van der Waals surface area contributed by atoms with Crippen molar-refractivity contribution in [2.75, 3.05) is 18.5 Å². The van der Waals surface area contributed by atoms with Crippen LogP contribution in [0.2, 0.25) is 0 Å². The van der Waals surface area contributed by atoms with Crippen molar-refractivity contribution in [1.29, 1.82) is 0 Å². The number of hydrogen-bond donors (Lipinski definition) is 2. The van der Waals surface area contributed by atoms with Gasteiger partial charge >= 0.3 is 6.18 Å². The zero-order valence-corrected chi connectivity index (χ0v) is 23.3. The van der Waals surface area contributed by atoms with Crippen molar-refractivity contribution < 1.29 is 31.1 Å². The Labute approximate surface area is 231 Å². The number of thiophene rings is 1. The van der Waals surface area contributed by atoms with Gasteiger partial charge in [0.2, 0.25) is 5.78 Å². The number of aromatic nitrogens is 3. The van der Waals surface area contributed by atoms with Gasteiger partial charge in [-0.1, -0.05) is 0 Å². The predicted octanol–water partition coefficient (Wildman–Crippen LogP) is 4.32. The summed E-state index contributed by atoms with van der Waals surface area (Å²) < 4.78 is 62.4. The van der Waals surface area contributed by atoms with Crippen molar-refractivity contribution in [2.24, 2.45) is 11.1 Å². The second kappa shape index (κ2) is 10.9. The number of carbonyl (C=O) groups excluding carboxylic acids is 1. The molecule has 3 N–H and O–H groups in total. The zero-order valence-electron chi connectivity index (χ0n) is 20.8. The molecule has 1 aliphatic carbocycles. The largest absolute Gasteiger partial charge is 0.443 e. The first-order valence-corrected chi connectivity index (χ1v) is 15.4. The first-order valence-electron chi connectivity index (χ1n) is 12.1. The molecule has 4 atom stereocenters. The fraction of sp³-hybridized carbons (Fsp3) is 0.458. The molecule has 1 aliphatic heterocycles. The number of rotatable bonds is 8. The zero-order chi connectivity index (χ0) is 27.9. The molecule has 1 saturated carbocycles. The van der Waals surface area contributed by atoms with Crippen LogP contribution in [0.4, 0.5) is 19.0 Å². The minimum atomic E-state index is -4.53. The average Bonchev–Trinajstić information content (AvgIpc) is 3.60. The molecule has 5 rings (SSSR count). The van der Waals surface area contributed by atoms with Gasteiger partial charge in [-0.05, 0) is 44.0 Å². The maximum atomic E-state index is 13.6. The van der Waals surface area contributed by atoms with Crippen LogP contribution in [0, 0.1) is 12.8 Å². The minimum absolute atomic E-state index is 0.0147. The summed E-state index contributed by atoms with van der Waals surface area (Å²) in [6.45, 7) is 2.30. The van der Waals surface area contributed by atoms with Crippen LogP contribution in [0.5, 0.6) is 0 Å². The predicted molar refractivity (Wildman–Crippen MR) is 143 cm³/mol. The molecule has 0 amide bonds. The Balaban J connectivity index is 1.34. The molecule has 0 radical (unpaired) electrons. The Morgan fingerprint density at radius 1 is 1.36 bits per heavy atom. The number of anilines is 1. The summed E-state index contributed by atoms with van der Waals surface area (Å²) in [7, 11) is -3.02. The number of ketones is 1. The number of nitrogens with zero attached hydrogens (tertiary/aromatic N) is 3. The van der Waals surface area contributed by atoms with Crippen LogP contribution in [-0.4, -0.2) is 50.1 Å². The number of alkyl halides is 3. The van der Waals surface area contributed by atoms with E-state index in [1.165, 1.54) is 23.9 Å². The highest BCUT2D eigenvalue weighted by Gasteiger charge is 2.39. The molecule has 39 heavy (non-hydrogen) atoms. The summed E-state index contributed by atoms with van der Waals surface area (Å²) in [4.78, 5) is 27.4. The summed E-state index contributed by atoms with van der Waals surface area (Å²) in [6, 6.07) is 1.68. The molecule has 0 saturated heterocycles. The maximum Gasteiger partial charge on any atom is 0.443 e. The molecular formula is C24H26F3N5O4S3. The third-order valence-corrected chi connectivity index (χ3v) is 9.41. The Hall–Kier alpha value is -2.43. The first kappa shape index (κ1) is 28.1. The Bertz CT molecular complexity index is 1490. The van der Waals surface area contributed by atoms with E-state index < -0.39 is 27.3 Å². The molecular weight excluding hydrogens is 575 g/mol. The van der Waals surface area contributed by atoms with Crippen molar-refractivity contribution in [2.45, 2.75) is 50.9 Å².